The molecule has 1 aromatic carbocycles. The Balaban J connectivity index is 2.10. The SMILES string of the molecule is Cc1ccc(-n2nc3c(c2N)CCC3)cc1. The van der Waals surface area contributed by atoms with Crippen molar-refractivity contribution in [3.63, 3.8) is 0 Å². The van der Waals surface area contributed by atoms with Crippen molar-refractivity contribution < 1.29 is 0 Å². The highest BCUT2D eigenvalue weighted by molar-refractivity contribution is 5.51. The van der Waals surface area contributed by atoms with E-state index >= 15 is 0 Å². The van der Waals surface area contributed by atoms with E-state index < -0.39 is 0 Å². The Bertz CT molecular complexity index is 523. The standard InChI is InChI=1S/C13H15N3/c1-9-5-7-10(8-6-9)16-13(14)11-3-2-4-12(11)15-16/h5-8H,2-4,14H2,1H3. The largest absolute Gasteiger partial charge is 0.383 e. The summed E-state index contributed by atoms with van der Waals surface area (Å²) >= 11 is 0. The molecular formula is C13H15N3. The Morgan fingerprint density at radius 1 is 1.19 bits per heavy atom. The number of nitrogen functional groups attached to an aromatic ring is 1. The third kappa shape index (κ3) is 1.32. The van der Waals surface area contributed by atoms with E-state index in [1.54, 1.807) is 0 Å². The van der Waals surface area contributed by atoms with Crippen molar-refractivity contribution in [2.24, 2.45) is 0 Å². The van der Waals surface area contributed by atoms with Crippen LogP contribution in [0.1, 0.15) is 23.2 Å². The molecule has 1 aliphatic carbocycles. The van der Waals surface area contributed by atoms with E-state index in [0.29, 0.717) is 0 Å². The summed E-state index contributed by atoms with van der Waals surface area (Å²) in [6.45, 7) is 2.08. The monoisotopic (exact) mass is 213 g/mol. The van der Waals surface area contributed by atoms with Crippen LogP contribution in [0.15, 0.2) is 24.3 Å². The number of anilines is 1. The minimum absolute atomic E-state index is 0.816. The van der Waals surface area contributed by atoms with Gasteiger partial charge in [0.05, 0.1) is 11.4 Å². The first-order valence-corrected chi connectivity index (χ1v) is 5.69. The molecule has 82 valence electrons. The smallest absolute Gasteiger partial charge is 0.130 e. The molecule has 16 heavy (non-hydrogen) atoms. The molecule has 0 bridgehead atoms. The van der Waals surface area contributed by atoms with Crippen LogP contribution >= 0.6 is 0 Å². The lowest BCUT2D eigenvalue weighted by Crippen LogP contribution is -2.03. The Hall–Kier alpha value is -1.77. The van der Waals surface area contributed by atoms with Crippen LogP contribution in [0.3, 0.4) is 0 Å². The molecule has 0 aliphatic heterocycles. The van der Waals surface area contributed by atoms with Crippen LogP contribution < -0.4 is 5.73 Å². The Morgan fingerprint density at radius 3 is 2.62 bits per heavy atom. The molecule has 3 rings (SSSR count). The molecule has 0 amide bonds. The molecule has 1 aromatic heterocycles. The third-order valence-electron chi connectivity index (χ3n) is 3.23. The second kappa shape index (κ2) is 3.37. The fourth-order valence-electron chi connectivity index (χ4n) is 2.30. The summed E-state index contributed by atoms with van der Waals surface area (Å²) in [7, 11) is 0. The van der Waals surface area contributed by atoms with Crippen molar-refractivity contribution in [2.75, 3.05) is 5.73 Å². The van der Waals surface area contributed by atoms with Crippen LogP contribution in [0.25, 0.3) is 5.69 Å². The molecule has 1 heterocycles. The van der Waals surface area contributed by atoms with E-state index in [1.807, 2.05) is 4.68 Å². The van der Waals surface area contributed by atoms with Gasteiger partial charge < -0.3 is 5.73 Å². The summed E-state index contributed by atoms with van der Waals surface area (Å²) in [5.41, 5.74) is 10.9. The normalized spacial score (nSPS) is 14.1. The zero-order valence-corrected chi connectivity index (χ0v) is 9.40. The van der Waals surface area contributed by atoms with E-state index in [2.05, 4.69) is 36.3 Å². The molecule has 2 N–H and O–H groups in total. The van der Waals surface area contributed by atoms with Gasteiger partial charge in [0.1, 0.15) is 5.82 Å². The van der Waals surface area contributed by atoms with Gasteiger partial charge in [-0.25, -0.2) is 4.68 Å². The van der Waals surface area contributed by atoms with E-state index in [1.165, 1.54) is 23.2 Å². The summed E-state index contributed by atoms with van der Waals surface area (Å²) in [5.74, 6) is 0.816. The molecule has 2 aromatic rings. The predicted octanol–water partition coefficient (Wildman–Crippen LogP) is 2.25. The highest BCUT2D eigenvalue weighted by Crippen LogP contribution is 2.28. The lowest BCUT2D eigenvalue weighted by Gasteiger charge is -2.05. The first-order chi connectivity index (χ1) is 7.75. The summed E-state index contributed by atoms with van der Waals surface area (Å²) in [6.07, 6.45) is 3.34. The number of fused-ring (bicyclic) bond motifs is 1. The molecule has 0 spiro atoms. The van der Waals surface area contributed by atoms with E-state index in [0.717, 1.165) is 24.3 Å². The van der Waals surface area contributed by atoms with Crippen molar-refractivity contribution in [3.05, 3.63) is 41.1 Å². The van der Waals surface area contributed by atoms with Gasteiger partial charge in [-0.15, -0.1) is 0 Å². The van der Waals surface area contributed by atoms with Gasteiger partial charge in [0, 0.05) is 5.56 Å². The Morgan fingerprint density at radius 2 is 1.94 bits per heavy atom. The quantitative estimate of drug-likeness (QED) is 0.789. The summed E-state index contributed by atoms with van der Waals surface area (Å²) in [4.78, 5) is 0. The van der Waals surface area contributed by atoms with Gasteiger partial charge in [-0.2, -0.15) is 5.10 Å². The number of aromatic nitrogens is 2. The number of rotatable bonds is 1. The first kappa shape index (κ1) is 9.46. The van der Waals surface area contributed by atoms with Crippen LogP contribution in [0, 0.1) is 6.92 Å². The van der Waals surface area contributed by atoms with Gasteiger partial charge in [0.2, 0.25) is 0 Å². The Kier molecular flexibility index (Phi) is 1.99. The molecule has 0 fully saturated rings. The molecule has 0 saturated heterocycles. The summed E-state index contributed by atoms with van der Waals surface area (Å²) in [6, 6.07) is 8.30. The first-order valence-electron chi connectivity index (χ1n) is 5.69. The predicted molar refractivity (Wildman–Crippen MR) is 64.7 cm³/mol. The highest BCUT2D eigenvalue weighted by Gasteiger charge is 2.20. The maximum absolute atomic E-state index is 6.13. The number of aryl methyl sites for hydroxylation is 2. The molecule has 0 unspecified atom stereocenters. The molecule has 0 radical (unpaired) electrons. The minimum Gasteiger partial charge on any atom is -0.383 e. The lowest BCUT2D eigenvalue weighted by atomic mass is 10.2. The average molecular weight is 213 g/mol. The van der Waals surface area contributed by atoms with Crippen LogP contribution in [0.4, 0.5) is 5.82 Å². The van der Waals surface area contributed by atoms with Crippen molar-refractivity contribution >= 4 is 5.82 Å². The molecule has 0 saturated carbocycles. The van der Waals surface area contributed by atoms with Gasteiger partial charge in [0.15, 0.2) is 0 Å². The van der Waals surface area contributed by atoms with Crippen molar-refractivity contribution in [2.45, 2.75) is 26.2 Å². The molecule has 3 nitrogen and oxygen atoms in total. The average Bonchev–Trinajstić information content (AvgIpc) is 2.84. The maximum atomic E-state index is 6.13. The minimum atomic E-state index is 0.816. The van der Waals surface area contributed by atoms with Gasteiger partial charge in [0.25, 0.3) is 0 Å². The van der Waals surface area contributed by atoms with Crippen LogP contribution in [0.2, 0.25) is 0 Å². The number of nitrogens with two attached hydrogens (primary N) is 1. The Labute approximate surface area is 94.9 Å². The van der Waals surface area contributed by atoms with Crippen molar-refractivity contribution in [1.29, 1.82) is 0 Å². The maximum Gasteiger partial charge on any atom is 0.130 e. The topological polar surface area (TPSA) is 43.8 Å². The summed E-state index contributed by atoms with van der Waals surface area (Å²) in [5, 5.41) is 4.58. The lowest BCUT2D eigenvalue weighted by molar-refractivity contribution is 0.808. The van der Waals surface area contributed by atoms with Crippen molar-refractivity contribution in [1.82, 2.24) is 9.78 Å². The fourth-order valence-corrected chi connectivity index (χ4v) is 2.30. The van der Waals surface area contributed by atoms with Gasteiger partial charge in [-0.3, -0.25) is 0 Å². The zero-order valence-electron chi connectivity index (χ0n) is 9.40. The number of nitrogens with zero attached hydrogens (tertiary/aromatic N) is 2. The van der Waals surface area contributed by atoms with Crippen LogP contribution in [0.5, 0.6) is 0 Å². The van der Waals surface area contributed by atoms with Gasteiger partial charge in [-0.05, 0) is 38.3 Å². The molecular weight excluding hydrogens is 198 g/mol. The fraction of sp³-hybridized carbons (Fsp3) is 0.308. The van der Waals surface area contributed by atoms with E-state index in [9.17, 15) is 0 Å². The molecule has 1 aliphatic rings. The highest BCUT2D eigenvalue weighted by atomic mass is 15.3. The molecule has 0 atom stereocenters. The van der Waals surface area contributed by atoms with Crippen LogP contribution in [-0.2, 0) is 12.8 Å². The second-order valence-electron chi connectivity index (χ2n) is 4.41. The van der Waals surface area contributed by atoms with E-state index in [-0.39, 0.29) is 0 Å². The van der Waals surface area contributed by atoms with Crippen LogP contribution in [-0.4, -0.2) is 9.78 Å². The van der Waals surface area contributed by atoms with Crippen molar-refractivity contribution in [3.8, 4) is 5.69 Å². The number of benzene rings is 1. The number of hydrogen-bond acceptors (Lipinski definition) is 2. The van der Waals surface area contributed by atoms with Gasteiger partial charge >= 0.3 is 0 Å². The number of hydrogen-bond donors (Lipinski definition) is 1. The second-order valence-corrected chi connectivity index (χ2v) is 4.41. The third-order valence-corrected chi connectivity index (χ3v) is 3.23. The summed E-state index contributed by atoms with van der Waals surface area (Å²) < 4.78 is 1.86. The molecule has 3 heteroatoms. The van der Waals surface area contributed by atoms with Gasteiger partial charge in [-0.1, -0.05) is 17.7 Å². The zero-order chi connectivity index (χ0) is 11.1. The van der Waals surface area contributed by atoms with E-state index in [4.69, 9.17) is 5.73 Å².